The molecule has 0 aliphatic heterocycles. The van der Waals surface area contributed by atoms with Gasteiger partial charge >= 0.3 is 6.18 Å². The van der Waals surface area contributed by atoms with Crippen LogP contribution in [0.2, 0.25) is 0 Å². The Hall–Kier alpha value is -2.02. The van der Waals surface area contributed by atoms with Gasteiger partial charge in [-0.3, -0.25) is 4.79 Å². The van der Waals surface area contributed by atoms with Crippen molar-refractivity contribution in [2.75, 3.05) is 5.32 Å². The smallest absolute Gasteiger partial charge is 0.416 e. The molecule has 2 rings (SSSR count). The molecule has 3 nitrogen and oxygen atoms in total. The summed E-state index contributed by atoms with van der Waals surface area (Å²) in [6, 6.07) is 11.2. The van der Waals surface area contributed by atoms with Crippen LogP contribution in [0.3, 0.4) is 0 Å². The second kappa shape index (κ2) is 7.04. The third-order valence-corrected chi connectivity index (χ3v) is 3.50. The average molecular weight is 388 g/mol. The molecular weight excluding hydrogens is 375 g/mol. The third-order valence-electron chi connectivity index (χ3n) is 2.98. The van der Waals surface area contributed by atoms with Crippen LogP contribution in [-0.4, -0.2) is 12.0 Å². The number of anilines is 1. The number of ether oxygens (including phenoxy) is 1. The van der Waals surface area contributed by atoms with Crippen LogP contribution in [0.15, 0.2) is 53.0 Å². The first-order valence-electron chi connectivity index (χ1n) is 6.66. The third kappa shape index (κ3) is 4.99. The highest BCUT2D eigenvalue weighted by Gasteiger charge is 2.30. The number of alkyl halides is 3. The van der Waals surface area contributed by atoms with E-state index in [1.807, 2.05) is 0 Å². The van der Waals surface area contributed by atoms with Crippen molar-refractivity contribution in [1.82, 2.24) is 0 Å². The molecule has 0 bridgehead atoms. The van der Waals surface area contributed by atoms with Crippen molar-refractivity contribution >= 4 is 27.5 Å². The van der Waals surface area contributed by atoms with Crippen LogP contribution < -0.4 is 10.1 Å². The van der Waals surface area contributed by atoms with Crippen molar-refractivity contribution in [2.45, 2.75) is 19.2 Å². The number of carbonyl (C=O) groups is 1. The van der Waals surface area contributed by atoms with E-state index in [-0.39, 0.29) is 5.75 Å². The zero-order valence-electron chi connectivity index (χ0n) is 12.0. The molecule has 0 aliphatic carbocycles. The molecule has 2 aromatic carbocycles. The molecular formula is C16H13BrF3NO2. The summed E-state index contributed by atoms with van der Waals surface area (Å²) in [5.41, 5.74) is -0.169. The number of benzene rings is 2. The number of hydrogen-bond donors (Lipinski definition) is 1. The zero-order chi connectivity index (χ0) is 17.0. The summed E-state index contributed by atoms with van der Waals surface area (Å²) >= 11 is 3.29. The van der Waals surface area contributed by atoms with Crippen molar-refractivity contribution in [3.63, 3.8) is 0 Å². The van der Waals surface area contributed by atoms with Gasteiger partial charge in [-0.1, -0.05) is 15.9 Å². The fraction of sp³-hybridized carbons (Fsp3) is 0.188. The van der Waals surface area contributed by atoms with Gasteiger partial charge in [0.1, 0.15) is 5.75 Å². The Labute approximate surface area is 139 Å². The molecule has 2 aromatic rings. The highest BCUT2D eigenvalue weighted by atomic mass is 79.9. The van der Waals surface area contributed by atoms with Crippen molar-refractivity contribution in [2.24, 2.45) is 0 Å². The SMILES string of the molecule is C[C@@H](Oc1ccc(C(F)(F)F)cc1)C(=O)Nc1ccc(Br)cc1. The molecule has 1 N–H and O–H groups in total. The van der Waals surface area contributed by atoms with Crippen LogP contribution >= 0.6 is 15.9 Å². The van der Waals surface area contributed by atoms with E-state index in [1.165, 1.54) is 19.1 Å². The summed E-state index contributed by atoms with van der Waals surface area (Å²) in [5, 5.41) is 2.66. The van der Waals surface area contributed by atoms with Crippen molar-refractivity contribution in [1.29, 1.82) is 0 Å². The molecule has 0 spiro atoms. The molecule has 0 saturated carbocycles. The molecule has 1 atom stereocenters. The monoisotopic (exact) mass is 387 g/mol. The van der Waals surface area contributed by atoms with E-state index in [0.29, 0.717) is 5.69 Å². The summed E-state index contributed by atoms with van der Waals surface area (Å²) in [6.45, 7) is 1.52. The van der Waals surface area contributed by atoms with Crippen molar-refractivity contribution in [3.8, 4) is 5.75 Å². The Bertz CT molecular complexity index is 669. The Balaban J connectivity index is 1.96. The summed E-state index contributed by atoms with van der Waals surface area (Å²) in [4.78, 5) is 12.0. The molecule has 0 unspecified atom stereocenters. The highest BCUT2D eigenvalue weighted by molar-refractivity contribution is 9.10. The van der Waals surface area contributed by atoms with Gasteiger partial charge in [-0.2, -0.15) is 13.2 Å². The van der Waals surface area contributed by atoms with Gasteiger partial charge < -0.3 is 10.1 Å². The fourth-order valence-corrected chi connectivity index (χ4v) is 2.02. The Morgan fingerprint density at radius 2 is 1.65 bits per heavy atom. The lowest BCUT2D eigenvalue weighted by Crippen LogP contribution is -2.30. The predicted octanol–water partition coefficient (Wildman–Crippen LogP) is 4.87. The second-order valence-electron chi connectivity index (χ2n) is 4.78. The van der Waals surface area contributed by atoms with Crippen LogP contribution in [-0.2, 0) is 11.0 Å². The van der Waals surface area contributed by atoms with Gasteiger partial charge in [0.05, 0.1) is 5.56 Å². The Morgan fingerprint density at radius 1 is 1.09 bits per heavy atom. The minimum Gasteiger partial charge on any atom is -0.481 e. The van der Waals surface area contributed by atoms with Gasteiger partial charge in [0.15, 0.2) is 6.10 Å². The molecule has 1 amide bonds. The number of amides is 1. The maximum atomic E-state index is 12.5. The second-order valence-corrected chi connectivity index (χ2v) is 5.69. The molecule has 0 aliphatic rings. The molecule has 0 heterocycles. The maximum Gasteiger partial charge on any atom is 0.416 e. The first-order valence-corrected chi connectivity index (χ1v) is 7.45. The number of hydrogen-bond acceptors (Lipinski definition) is 2. The van der Waals surface area contributed by atoms with Gasteiger partial charge in [-0.05, 0) is 55.5 Å². The van der Waals surface area contributed by atoms with E-state index in [1.54, 1.807) is 24.3 Å². The number of rotatable bonds is 4. The highest BCUT2D eigenvalue weighted by Crippen LogP contribution is 2.30. The lowest BCUT2D eigenvalue weighted by molar-refractivity contribution is -0.137. The van der Waals surface area contributed by atoms with Crippen LogP contribution in [0, 0.1) is 0 Å². The van der Waals surface area contributed by atoms with Crippen LogP contribution in [0.1, 0.15) is 12.5 Å². The molecule has 0 fully saturated rings. The minimum absolute atomic E-state index is 0.191. The molecule has 23 heavy (non-hydrogen) atoms. The van der Waals surface area contributed by atoms with E-state index in [9.17, 15) is 18.0 Å². The molecule has 0 saturated heterocycles. The number of halogens is 4. The minimum atomic E-state index is -4.40. The lowest BCUT2D eigenvalue weighted by Gasteiger charge is -2.15. The van der Waals surface area contributed by atoms with Crippen molar-refractivity contribution in [3.05, 3.63) is 58.6 Å². The normalized spacial score (nSPS) is 12.6. The molecule has 122 valence electrons. The summed E-state index contributed by atoms with van der Waals surface area (Å²) < 4.78 is 43.6. The van der Waals surface area contributed by atoms with Gasteiger partial charge in [0, 0.05) is 10.2 Å². The Morgan fingerprint density at radius 3 is 2.17 bits per heavy atom. The molecule has 7 heteroatoms. The largest absolute Gasteiger partial charge is 0.481 e. The van der Waals surface area contributed by atoms with Gasteiger partial charge in [-0.15, -0.1) is 0 Å². The molecule has 0 aromatic heterocycles. The average Bonchev–Trinajstić information content (AvgIpc) is 2.49. The van der Waals surface area contributed by atoms with Crippen molar-refractivity contribution < 1.29 is 22.7 Å². The first kappa shape index (κ1) is 17.3. The lowest BCUT2D eigenvalue weighted by atomic mass is 10.2. The van der Waals surface area contributed by atoms with Gasteiger partial charge in [0.2, 0.25) is 0 Å². The Kier molecular flexibility index (Phi) is 5.30. The topological polar surface area (TPSA) is 38.3 Å². The standard InChI is InChI=1S/C16H13BrF3NO2/c1-10(15(22)21-13-6-4-12(17)5-7-13)23-14-8-2-11(3-9-14)16(18,19)20/h2-10H,1H3,(H,21,22)/t10-/m1/s1. The van der Waals surface area contributed by atoms with Gasteiger partial charge in [-0.25, -0.2) is 0 Å². The zero-order valence-corrected chi connectivity index (χ0v) is 13.6. The predicted molar refractivity (Wildman–Crippen MR) is 84.3 cm³/mol. The summed E-state index contributed by atoms with van der Waals surface area (Å²) in [7, 11) is 0. The van der Waals surface area contributed by atoms with E-state index in [2.05, 4.69) is 21.2 Å². The quantitative estimate of drug-likeness (QED) is 0.812. The van der Waals surface area contributed by atoms with Crippen LogP contribution in [0.4, 0.5) is 18.9 Å². The molecule has 0 radical (unpaired) electrons. The van der Waals surface area contributed by atoms with E-state index in [0.717, 1.165) is 16.6 Å². The van der Waals surface area contributed by atoms with Crippen LogP contribution in [0.5, 0.6) is 5.75 Å². The summed E-state index contributed by atoms with van der Waals surface area (Å²) in [5.74, 6) is -0.205. The maximum absolute atomic E-state index is 12.5. The number of carbonyl (C=O) groups excluding carboxylic acids is 1. The van der Waals surface area contributed by atoms with Crippen LogP contribution in [0.25, 0.3) is 0 Å². The first-order chi connectivity index (χ1) is 10.8. The van der Waals surface area contributed by atoms with E-state index >= 15 is 0 Å². The fourth-order valence-electron chi connectivity index (χ4n) is 1.76. The summed E-state index contributed by atoms with van der Waals surface area (Å²) in [6.07, 6.45) is -5.25. The van der Waals surface area contributed by atoms with E-state index < -0.39 is 23.8 Å². The van der Waals surface area contributed by atoms with E-state index in [4.69, 9.17) is 4.74 Å². The van der Waals surface area contributed by atoms with Gasteiger partial charge in [0.25, 0.3) is 5.91 Å². The number of nitrogens with one attached hydrogen (secondary N) is 1.